The van der Waals surface area contributed by atoms with Crippen molar-refractivity contribution in [3.8, 4) is 33.6 Å². The Kier molecular flexibility index (Phi) is 11.9. The number of fused-ring (bicyclic) bond motifs is 1. The number of carbonyl (C=O) groups is 4. The molecule has 4 N–H and O–H groups in total. The Morgan fingerprint density at radius 1 is 0.700 bits per heavy atom. The number of alkyl carbamates (subject to hydrolysis) is 1. The van der Waals surface area contributed by atoms with Crippen molar-refractivity contribution in [3.05, 3.63) is 84.7 Å². The smallest absolute Gasteiger partial charge is 0.407 e. The van der Waals surface area contributed by atoms with Crippen molar-refractivity contribution in [2.24, 2.45) is 11.8 Å². The highest BCUT2D eigenvalue weighted by atomic mass is 16.5. The zero-order chi connectivity index (χ0) is 42.9. The summed E-state index contributed by atoms with van der Waals surface area (Å²) < 4.78 is 4.82. The Morgan fingerprint density at radius 3 is 1.72 bits per heavy atom. The van der Waals surface area contributed by atoms with E-state index in [1.807, 2.05) is 68.9 Å². The van der Waals surface area contributed by atoms with Gasteiger partial charge in [0.05, 0.1) is 42.0 Å². The van der Waals surface area contributed by atoms with Crippen molar-refractivity contribution in [3.63, 3.8) is 0 Å². The summed E-state index contributed by atoms with van der Waals surface area (Å²) >= 11 is 0. The van der Waals surface area contributed by atoms with Crippen LogP contribution in [0.1, 0.15) is 92.2 Å². The van der Waals surface area contributed by atoms with Crippen molar-refractivity contribution in [1.29, 1.82) is 0 Å². The molecule has 2 fully saturated rings. The Morgan fingerprint density at radius 2 is 1.18 bits per heavy atom. The van der Waals surface area contributed by atoms with Crippen molar-refractivity contribution in [1.82, 2.24) is 40.4 Å². The number of methoxy groups -OCH3 is 1. The van der Waals surface area contributed by atoms with E-state index >= 15 is 0 Å². The molecule has 2 aliphatic heterocycles. The van der Waals surface area contributed by atoms with Gasteiger partial charge < -0.3 is 35.1 Å². The van der Waals surface area contributed by atoms with E-state index in [4.69, 9.17) is 14.7 Å². The number of ether oxygens (including phenoxy) is 1. The Hall–Kier alpha value is -5.98. The van der Waals surface area contributed by atoms with E-state index in [0.717, 1.165) is 75.9 Å². The molecule has 4 heterocycles. The molecular formula is C47H58N8O5. The molecule has 3 aromatic carbocycles. The van der Waals surface area contributed by atoms with Gasteiger partial charge >= 0.3 is 6.09 Å². The fourth-order valence-electron chi connectivity index (χ4n) is 9.04. The SMILES string of the molecule is CCC(=O)N[C@H](C(=O)N1CCC[C@@]1(C)c1ncc(-c2ccc(-c3ccc(-c4cnc([C@]5(C)CCCN5C(=O)[C@@H](NC(=O)OC)C(C)C)[nH]4)c4ccccc34)cc2)[nH]1)C(C)C. The molecule has 0 aliphatic carbocycles. The minimum Gasteiger partial charge on any atom is -0.453 e. The molecule has 2 saturated heterocycles. The fraction of sp³-hybridized carbons (Fsp3) is 0.447. The number of H-pyrrole nitrogens is 2. The standard InChI is InChI=1S/C47H58N8O5/c1-9-38(56)52-39(28(2)3)41(57)54-24-12-22-46(54,6)43-48-26-36(50-43)31-18-16-30(17-19-31)32-20-21-35(34-15-11-10-14-33(32)34)37-27-49-44(51-37)47(7)23-13-25-55(47)42(58)40(29(4)5)53-45(59)60-8/h10-11,14-21,26-29,39-40H,9,12-13,22-25H2,1-8H3,(H,48,50)(H,49,51)(H,52,56)(H,53,59)/t39-,40-,46-,47-/m0/s1. The van der Waals surface area contributed by atoms with Crippen LogP contribution >= 0.6 is 0 Å². The van der Waals surface area contributed by atoms with Crippen molar-refractivity contribution in [2.75, 3.05) is 20.2 Å². The molecule has 0 radical (unpaired) electrons. The number of aromatic nitrogens is 4. The van der Waals surface area contributed by atoms with Crippen LogP contribution in [0.5, 0.6) is 0 Å². The highest BCUT2D eigenvalue weighted by Gasteiger charge is 2.47. The van der Waals surface area contributed by atoms with Crippen LogP contribution in [0.15, 0.2) is 73.1 Å². The molecule has 2 aliphatic rings. The normalized spacial score (nSPS) is 20.2. The third-order valence-electron chi connectivity index (χ3n) is 12.7. The van der Waals surface area contributed by atoms with Gasteiger partial charge in [-0.05, 0) is 78.8 Å². The van der Waals surface area contributed by atoms with Crippen LogP contribution in [0.25, 0.3) is 44.4 Å². The van der Waals surface area contributed by atoms with E-state index in [2.05, 4.69) is 76.1 Å². The average Bonchev–Trinajstić information content (AvgIpc) is 4.08. The molecule has 4 amide bonds. The van der Waals surface area contributed by atoms with Crippen LogP contribution in [0, 0.1) is 11.8 Å². The number of nitrogens with zero attached hydrogens (tertiary/aromatic N) is 4. The van der Waals surface area contributed by atoms with Crippen LogP contribution in [0.4, 0.5) is 4.79 Å². The number of hydrogen-bond acceptors (Lipinski definition) is 7. The second kappa shape index (κ2) is 16.9. The third kappa shape index (κ3) is 7.77. The maximum Gasteiger partial charge on any atom is 0.407 e. The van der Waals surface area contributed by atoms with Crippen molar-refractivity contribution in [2.45, 2.75) is 104 Å². The zero-order valence-electron chi connectivity index (χ0n) is 36.0. The highest BCUT2D eigenvalue weighted by Crippen LogP contribution is 2.42. The molecule has 60 heavy (non-hydrogen) atoms. The first-order valence-electron chi connectivity index (χ1n) is 21.2. The Bertz CT molecular complexity index is 2380. The van der Waals surface area contributed by atoms with E-state index in [0.29, 0.717) is 25.3 Å². The summed E-state index contributed by atoms with van der Waals surface area (Å²) in [4.78, 5) is 72.7. The lowest BCUT2D eigenvalue weighted by molar-refractivity contribution is -0.141. The van der Waals surface area contributed by atoms with Gasteiger partial charge in [0, 0.05) is 25.1 Å². The van der Waals surface area contributed by atoms with Crippen LogP contribution in [-0.4, -0.2) is 85.8 Å². The molecule has 0 bridgehead atoms. The summed E-state index contributed by atoms with van der Waals surface area (Å²) in [6, 6.07) is 19.7. The zero-order valence-corrected chi connectivity index (χ0v) is 36.0. The average molecular weight is 815 g/mol. The first kappa shape index (κ1) is 42.2. The quantitative estimate of drug-likeness (QED) is 0.0995. The van der Waals surface area contributed by atoms with Gasteiger partial charge in [-0.15, -0.1) is 0 Å². The van der Waals surface area contributed by atoms with Crippen LogP contribution in [0.2, 0.25) is 0 Å². The molecule has 5 aromatic rings. The number of hydrogen-bond donors (Lipinski definition) is 4. The summed E-state index contributed by atoms with van der Waals surface area (Å²) in [5, 5.41) is 7.84. The molecular weight excluding hydrogens is 757 g/mol. The van der Waals surface area contributed by atoms with Gasteiger partial charge in [0.1, 0.15) is 23.7 Å². The number of nitrogens with one attached hydrogen (secondary N) is 4. The fourth-order valence-corrected chi connectivity index (χ4v) is 9.04. The number of aromatic amines is 2. The van der Waals surface area contributed by atoms with Crippen LogP contribution < -0.4 is 10.6 Å². The minimum absolute atomic E-state index is 0.0479. The number of carbonyl (C=O) groups excluding carboxylic acids is 4. The molecule has 7 rings (SSSR count). The van der Waals surface area contributed by atoms with Gasteiger partial charge in [-0.1, -0.05) is 95.3 Å². The molecule has 0 saturated carbocycles. The molecule has 13 heteroatoms. The van der Waals surface area contributed by atoms with E-state index in [1.54, 1.807) is 6.92 Å². The van der Waals surface area contributed by atoms with Crippen LogP contribution in [0.3, 0.4) is 0 Å². The van der Waals surface area contributed by atoms with E-state index in [9.17, 15) is 19.2 Å². The van der Waals surface area contributed by atoms with Gasteiger partial charge in [-0.25, -0.2) is 14.8 Å². The number of imidazole rings is 2. The topological polar surface area (TPSA) is 165 Å². The van der Waals surface area contributed by atoms with E-state index in [-0.39, 0.29) is 29.6 Å². The lowest BCUT2D eigenvalue weighted by atomic mass is 9.93. The van der Waals surface area contributed by atoms with Gasteiger partial charge in [0.15, 0.2) is 0 Å². The number of benzene rings is 3. The second-order valence-corrected chi connectivity index (χ2v) is 17.3. The molecule has 13 nitrogen and oxygen atoms in total. The summed E-state index contributed by atoms with van der Waals surface area (Å²) in [7, 11) is 1.30. The number of rotatable bonds is 12. The van der Waals surface area contributed by atoms with Crippen molar-refractivity contribution >= 4 is 34.6 Å². The number of amides is 4. The van der Waals surface area contributed by atoms with Gasteiger partial charge in [0.2, 0.25) is 17.7 Å². The predicted molar refractivity (Wildman–Crippen MR) is 232 cm³/mol. The lowest BCUT2D eigenvalue weighted by Crippen LogP contribution is -2.55. The Balaban J connectivity index is 1.12. The van der Waals surface area contributed by atoms with Gasteiger partial charge in [0.25, 0.3) is 0 Å². The summed E-state index contributed by atoms with van der Waals surface area (Å²) in [6.07, 6.45) is 6.55. The maximum absolute atomic E-state index is 13.9. The maximum atomic E-state index is 13.9. The van der Waals surface area contributed by atoms with Gasteiger partial charge in [-0.2, -0.15) is 0 Å². The second-order valence-electron chi connectivity index (χ2n) is 17.3. The molecule has 0 spiro atoms. The first-order chi connectivity index (χ1) is 28.7. The molecule has 0 unspecified atom stereocenters. The molecule has 316 valence electrons. The largest absolute Gasteiger partial charge is 0.453 e. The predicted octanol–water partition coefficient (Wildman–Crippen LogP) is 7.89. The number of likely N-dealkylation sites (tertiary alicyclic amines) is 2. The van der Waals surface area contributed by atoms with E-state index < -0.39 is 29.3 Å². The molecule has 2 aromatic heterocycles. The van der Waals surface area contributed by atoms with Crippen molar-refractivity contribution < 1.29 is 23.9 Å². The van der Waals surface area contributed by atoms with Gasteiger partial charge in [-0.3, -0.25) is 14.4 Å². The summed E-state index contributed by atoms with van der Waals surface area (Å²) in [5.74, 6) is 0.898. The lowest BCUT2D eigenvalue weighted by Gasteiger charge is -2.37. The monoisotopic (exact) mass is 814 g/mol. The molecule has 4 atom stereocenters. The van der Waals surface area contributed by atoms with Crippen LogP contribution in [-0.2, 0) is 30.2 Å². The van der Waals surface area contributed by atoms with E-state index in [1.165, 1.54) is 7.11 Å². The Labute approximate surface area is 352 Å². The highest BCUT2D eigenvalue weighted by molar-refractivity contribution is 6.04. The minimum atomic E-state index is -0.722. The summed E-state index contributed by atoms with van der Waals surface area (Å²) in [5.41, 5.74) is 4.55. The first-order valence-corrected chi connectivity index (χ1v) is 21.2. The third-order valence-corrected chi connectivity index (χ3v) is 12.7. The summed E-state index contributed by atoms with van der Waals surface area (Å²) in [6.45, 7) is 14.8.